The second kappa shape index (κ2) is 4.05. The Morgan fingerprint density at radius 2 is 2.00 bits per heavy atom. The van der Waals surface area contributed by atoms with Gasteiger partial charge in [-0.05, 0) is 25.3 Å². The number of fused-ring (bicyclic) bond motifs is 1. The molecule has 1 aliphatic carbocycles. The smallest absolute Gasteiger partial charge is 0.242 e. The van der Waals surface area contributed by atoms with Crippen LogP contribution in [0.4, 0.5) is 0 Å². The summed E-state index contributed by atoms with van der Waals surface area (Å²) in [7, 11) is -3.31. The Kier molecular flexibility index (Phi) is 2.69. The molecule has 5 nitrogen and oxygen atoms in total. The third-order valence-corrected chi connectivity index (χ3v) is 5.64. The second-order valence-corrected chi connectivity index (χ2v) is 7.33. The molecule has 1 heterocycles. The van der Waals surface area contributed by atoms with E-state index in [1.54, 1.807) is 24.3 Å². The van der Waals surface area contributed by atoms with E-state index >= 15 is 0 Å². The zero-order valence-corrected chi connectivity index (χ0v) is 11.2. The van der Waals surface area contributed by atoms with Gasteiger partial charge in [-0.15, -0.1) is 0 Å². The number of carbonyl (C=O) groups excluding carboxylic acids is 1. The van der Waals surface area contributed by atoms with Gasteiger partial charge >= 0.3 is 0 Å². The van der Waals surface area contributed by atoms with Crippen LogP contribution in [0.25, 0.3) is 0 Å². The highest BCUT2D eigenvalue weighted by atomic mass is 32.2. The summed E-state index contributed by atoms with van der Waals surface area (Å²) in [6.07, 6.45) is 2.21. The third kappa shape index (κ3) is 1.95. The van der Waals surface area contributed by atoms with Gasteiger partial charge in [-0.1, -0.05) is 18.2 Å². The van der Waals surface area contributed by atoms with Crippen molar-refractivity contribution in [2.75, 3.05) is 5.75 Å². The van der Waals surface area contributed by atoms with Crippen LogP contribution in [0, 0.1) is 0 Å². The van der Waals surface area contributed by atoms with Crippen molar-refractivity contribution >= 4 is 15.7 Å². The number of primary amides is 1. The maximum Gasteiger partial charge on any atom is 0.242 e. The van der Waals surface area contributed by atoms with E-state index in [1.165, 1.54) is 0 Å². The van der Waals surface area contributed by atoms with Gasteiger partial charge in [0.1, 0.15) is 5.54 Å². The van der Waals surface area contributed by atoms with Crippen molar-refractivity contribution in [2.24, 2.45) is 5.73 Å². The van der Waals surface area contributed by atoms with Gasteiger partial charge in [0.2, 0.25) is 5.91 Å². The summed E-state index contributed by atoms with van der Waals surface area (Å²) in [6.45, 7) is 0. The molecule has 1 amide bonds. The number of nitrogens with one attached hydrogen (secondary N) is 1. The van der Waals surface area contributed by atoms with Gasteiger partial charge in [-0.25, -0.2) is 8.42 Å². The lowest BCUT2D eigenvalue weighted by molar-refractivity contribution is -0.125. The molecule has 0 aromatic heterocycles. The van der Waals surface area contributed by atoms with Crippen LogP contribution in [0.3, 0.4) is 0 Å². The van der Waals surface area contributed by atoms with Gasteiger partial charge in [-0.3, -0.25) is 10.1 Å². The maximum atomic E-state index is 12.1. The van der Waals surface area contributed by atoms with E-state index < -0.39 is 21.3 Å². The first-order chi connectivity index (χ1) is 8.96. The van der Waals surface area contributed by atoms with E-state index in [4.69, 9.17) is 5.73 Å². The molecule has 0 bridgehead atoms. The summed E-state index contributed by atoms with van der Waals surface area (Å²) in [5.74, 6) is -0.547. The molecule has 6 heteroatoms. The highest BCUT2D eigenvalue weighted by Crippen LogP contribution is 2.39. The van der Waals surface area contributed by atoms with Crippen LogP contribution in [0.15, 0.2) is 29.2 Å². The van der Waals surface area contributed by atoms with Crippen LogP contribution >= 0.6 is 0 Å². The molecule has 3 rings (SSSR count). The molecule has 1 aromatic carbocycles. The van der Waals surface area contributed by atoms with Gasteiger partial charge in [0, 0.05) is 11.6 Å². The number of nitrogens with two attached hydrogens (primary N) is 1. The highest BCUT2D eigenvalue weighted by Gasteiger charge is 2.48. The number of hydrogen-bond acceptors (Lipinski definition) is 4. The van der Waals surface area contributed by atoms with Crippen molar-refractivity contribution in [3.63, 3.8) is 0 Å². The quantitative estimate of drug-likeness (QED) is 0.833. The molecular weight excluding hydrogens is 264 g/mol. The van der Waals surface area contributed by atoms with Crippen molar-refractivity contribution in [1.29, 1.82) is 0 Å². The third-order valence-electron chi connectivity index (χ3n) is 3.88. The Labute approximate surface area is 112 Å². The minimum atomic E-state index is -3.31. The summed E-state index contributed by atoms with van der Waals surface area (Å²) in [5, 5.41) is 3.26. The average Bonchev–Trinajstić information content (AvgIpc) is 3.17. The molecule has 1 saturated carbocycles. The molecule has 0 spiro atoms. The van der Waals surface area contributed by atoms with Crippen molar-refractivity contribution in [1.82, 2.24) is 5.32 Å². The van der Waals surface area contributed by atoms with E-state index in [1.807, 2.05) is 0 Å². The number of rotatable bonds is 3. The predicted molar refractivity (Wildman–Crippen MR) is 70.1 cm³/mol. The van der Waals surface area contributed by atoms with Crippen molar-refractivity contribution in [3.8, 4) is 0 Å². The number of amides is 1. The predicted octanol–water partition coefficient (Wildman–Crippen LogP) is 0.297. The first-order valence-electron chi connectivity index (χ1n) is 6.36. The molecule has 0 saturated heterocycles. The van der Waals surface area contributed by atoms with Crippen molar-refractivity contribution in [2.45, 2.75) is 35.7 Å². The Morgan fingerprint density at radius 3 is 2.63 bits per heavy atom. The zero-order chi connectivity index (χ0) is 13.7. The Morgan fingerprint density at radius 1 is 1.32 bits per heavy atom. The normalized spacial score (nSPS) is 28.6. The molecule has 0 radical (unpaired) electrons. The first kappa shape index (κ1) is 12.6. The summed E-state index contributed by atoms with van der Waals surface area (Å²) in [6, 6.07) is 6.92. The highest BCUT2D eigenvalue weighted by molar-refractivity contribution is 7.91. The topological polar surface area (TPSA) is 89.3 Å². The van der Waals surface area contributed by atoms with Crippen molar-refractivity contribution in [3.05, 3.63) is 29.8 Å². The van der Waals surface area contributed by atoms with Gasteiger partial charge in [0.05, 0.1) is 10.6 Å². The minimum Gasteiger partial charge on any atom is -0.368 e. The number of hydrogen-bond donors (Lipinski definition) is 2. The largest absolute Gasteiger partial charge is 0.368 e. The molecule has 1 aliphatic heterocycles. The molecular formula is C13H16N2O3S. The van der Waals surface area contributed by atoms with E-state index in [0.717, 1.165) is 12.8 Å². The summed E-state index contributed by atoms with van der Waals surface area (Å²) >= 11 is 0. The summed E-state index contributed by atoms with van der Waals surface area (Å²) in [4.78, 5) is 12.2. The monoisotopic (exact) mass is 280 g/mol. The van der Waals surface area contributed by atoms with E-state index in [-0.39, 0.29) is 23.1 Å². The van der Waals surface area contributed by atoms with Gasteiger partial charge in [0.15, 0.2) is 9.84 Å². The van der Waals surface area contributed by atoms with Crippen LogP contribution in [-0.4, -0.2) is 26.1 Å². The maximum absolute atomic E-state index is 12.1. The van der Waals surface area contributed by atoms with Gasteiger partial charge in [-0.2, -0.15) is 0 Å². The van der Waals surface area contributed by atoms with Crippen LogP contribution < -0.4 is 11.1 Å². The lowest BCUT2D eigenvalue weighted by Gasteiger charge is -2.37. The lowest BCUT2D eigenvalue weighted by atomic mass is 9.85. The van der Waals surface area contributed by atoms with Crippen LogP contribution in [-0.2, 0) is 20.2 Å². The fraction of sp³-hybridized carbons (Fsp3) is 0.462. The molecule has 3 N–H and O–H groups in total. The Balaban J connectivity index is 2.18. The SMILES string of the molecule is NC(=O)C1(NC2CC2)CCS(=O)(=O)c2ccccc21. The minimum absolute atomic E-state index is 0.0489. The molecule has 1 fully saturated rings. The number of sulfone groups is 1. The summed E-state index contributed by atoms with van der Waals surface area (Å²) < 4.78 is 24.2. The van der Waals surface area contributed by atoms with E-state index in [2.05, 4.69) is 5.32 Å². The van der Waals surface area contributed by atoms with Crippen LogP contribution in [0.1, 0.15) is 24.8 Å². The molecule has 102 valence electrons. The lowest BCUT2D eigenvalue weighted by Crippen LogP contribution is -2.56. The number of benzene rings is 1. The van der Waals surface area contributed by atoms with E-state index in [9.17, 15) is 13.2 Å². The van der Waals surface area contributed by atoms with Crippen LogP contribution in [0.5, 0.6) is 0 Å². The fourth-order valence-electron chi connectivity index (χ4n) is 2.68. The van der Waals surface area contributed by atoms with Crippen LogP contribution in [0.2, 0.25) is 0 Å². The zero-order valence-electron chi connectivity index (χ0n) is 10.4. The molecule has 1 unspecified atom stereocenters. The Hall–Kier alpha value is -1.40. The first-order valence-corrected chi connectivity index (χ1v) is 8.01. The van der Waals surface area contributed by atoms with Gasteiger partial charge in [0.25, 0.3) is 0 Å². The molecule has 2 aliphatic rings. The summed E-state index contributed by atoms with van der Waals surface area (Å²) in [5.41, 5.74) is 5.05. The second-order valence-electron chi connectivity index (χ2n) is 5.25. The molecule has 19 heavy (non-hydrogen) atoms. The van der Waals surface area contributed by atoms with Gasteiger partial charge < -0.3 is 5.73 Å². The average molecular weight is 280 g/mol. The molecule has 1 aromatic rings. The Bertz CT molecular complexity index is 637. The standard InChI is InChI=1S/C13H16N2O3S/c14-12(16)13(15-9-5-6-9)7-8-19(17,18)11-4-2-1-3-10(11)13/h1-4,9,15H,5-8H2,(H2,14,16). The number of carbonyl (C=O) groups is 1. The van der Waals surface area contributed by atoms with E-state index in [0.29, 0.717) is 5.56 Å². The molecule has 1 atom stereocenters. The van der Waals surface area contributed by atoms with Crippen molar-refractivity contribution < 1.29 is 13.2 Å². The fourth-order valence-corrected chi connectivity index (χ4v) is 4.33.